The Kier molecular flexibility index (Phi) is 6.36. The van der Waals surface area contributed by atoms with Gasteiger partial charge in [-0.15, -0.1) is 0 Å². The number of amides is 1. The lowest BCUT2D eigenvalue weighted by atomic mass is 10.1. The van der Waals surface area contributed by atoms with E-state index in [9.17, 15) is 18.0 Å². The number of aromatic nitrogens is 3. The molecule has 170 valence electrons. The molecule has 0 spiro atoms. The first-order chi connectivity index (χ1) is 15.2. The first-order valence-corrected chi connectivity index (χ1v) is 10.5. The number of nitrogens with zero attached hydrogens (tertiary/aromatic N) is 4. The van der Waals surface area contributed by atoms with Crippen LogP contribution in [0.5, 0.6) is 0 Å². The SMILES string of the molecule is Cc1nn(CCN2CCNCC2)c2ncc(C(=O)Nc3ccc(C(F)(F)F)cc3)c(Cl)c12. The van der Waals surface area contributed by atoms with E-state index in [1.54, 1.807) is 11.6 Å². The van der Waals surface area contributed by atoms with Crippen molar-refractivity contribution in [3.63, 3.8) is 0 Å². The van der Waals surface area contributed by atoms with E-state index in [1.165, 1.54) is 18.3 Å². The zero-order chi connectivity index (χ0) is 22.9. The summed E-state index contributed by atoms with van der Waals surface area (Å²) in [6.07, 6.45) is -3.07. The van der Waals surface area contributed by atoms with Gasteiger partial charge in [0.25, 0.3) is 5.91 Å². The number of alkyl halides is 3. The van der Waals surface area contributed by atoms with Gasteiger partial charge in [-0.2, -0.15) is 18.3 Å². The van der Waals surface area contributed by atoms with Crippen LogP contribution in [0.25, 0.3) is 11.0 Å². The van der Waals surface area contributed by atoms with E-state index in [2.05, 4.69) is 25.6 Å². The molecule has 32 heavy (non-hydrogen) atoms. The number of aryl methyl sites for hydroxylation is 1. The van der Waals surface area contributed by atoms with Crippen LogP contribution in [-0.2, 0) is 12.7 Å². The van der Waals surface area contributed by atoms with Gasteiger partial charge in [0.1, 0.15) is 0 Å². The lowest BCUT2D eigenvalue weighted by Gasteiger charge is -2.26. The fourth-order valence-corrected chi connectivity index (χ4v) is 4.06. The van der Waals surface area contributed by atoms with Crippen molar-refractivity contribution < 1.29 is 18.0 Å². The van der Waals surface area contributed by atoms with Gasteiger partial charge in [0.2, 0.25) is 0 Å². The molecule has 3 heterocycles. The molecule has 1 fully saturated rings. The number of anilines is 1. The molecule has 4 rings (SSSR count). The predicted molar refractivity (Wildman–Crippen MR) is 116 cm³/mol. The van der Waals surface area contributed by atoms with Gasteiger partial charge >= 0.3 is 6.18 Å². The molecule has 0 radical (unpaired) electrons. The normalized spacial score (nSPS) is 15.3. The van der Waals surface area contributed by atoms with Gasteiger partial charge < -0.3 is 10.6 Å². The lowest BCUT2D eigenvalue weighted by molar-refractivity contribution is -0.137. The number of pyridine rings is 1. The van der Waals surface area contributed by atoms with Crippen LogP contribution in [0.4, 0.5) is 18.9 Å². The average Bonchev–Trinajstić information content (AvgIpc) is 3.09. The number of benzene rings is 1. The first-order valence-electron chi connectivity index (χ1n) is 10.2. The molecule has 7 nitrogen and oxygen atoms in total. The second kappa shape index (κ2) is 9.05. The topological polar surface area (TPSA) is 75.1 Å². The highest BCUT2D eigenvalue weighted by atomic mass is 35.5. The number of rotatable bonds is 5. The third kappa shape index (κ3) is 4.72. The molecule has 0 aliphatic carbocycles. The van der Waals surface area contributed by atoms with Crippen molar-refractivity contribution >= 4 is 34.2 Å². The molecule has 1 aliphatic rings. The standard InChI is InChI=1S/C21H22ClF3N6O/c1-13-17-18(22)16(20(32)28-15-4-2-14(3-5-15)21(23,24)25)12-27-19(17)31(29-13)11-10-30-8-6-26-7-9-30/h2-5,12,26H,6-11H2,1H3,(H,28,32). The summed E-state index contributed by atoms with van der Waals surface area (Å²) in [5.41, 5.74) is 0.808. The van der Waals surface area contributed by atoms with E-state index < -0.39 is 17.6 Å². The maximum absolute atomic E-state index is 12.7. The summed E-state index contributed by atoms with van der Waals surface area (Å²) in [5, 5.41) is 11.2. The van der Waals surface area contributed by atoms with Crippen molar-refractivity contribution in [2.75, 3.05) is 38.0 Å². The van der Waals surface area contributed by atoms with Gasteiger partial charge in [0, 0.05) is 44.6 Å². The number of fused-ring (bicyclic) bond motifs is 1. The third-order valence-corrected chi connectivity index (χ3v) is 5.82. The second-order valence-corrected chi connectivity index (χ2v) is 7.99. The average molecular weight is 467 g/mol. The predicted octanol–water partition coefficient (Wildman–Crippen LogP) is 3.57. The van der Waals surface area contributed by atoms with Gasteiger partial charge in [-0.1, -0.05) is 11.6 Å². The summed E-state index contributed by atoms with van der Waals surface area (Å²) in [6, 6.07) is 4.20. The Labute approximate surface area is 187 Å². The summed E-state index contributed by atoms with van der Waals surface area (Å²) in [6.45, 7) is 7.13. The summed E-state index contributed by atoms with van der Waals surface area (Å²) in [7, 11) is 0. The minimum atomic E-state index is -4.44. The number of carbonyl (C=O) groups is 1. The molecule has 0 unspecified atom stereocenters. The molecule has 0 saturated carbocycles. The van der Waals surface area contributed by atoms with Crippen molar-refractivity contribution in [2.45, 2.75) is 19.6 Å². The van der Waals surface area contributed by atoms with Crippen molar-refractivity contribution in [3.05, 3.63) is 52.3 Å². The Balaban J connectivity index is 1.52. The van der Waals surface area contributed by atoms with E-state index in [0.717, 1.165) is 44.9 Å². The third-order valence-electron chi connectivity index (χ3n) is 5.42. The van der Waals surface area contributed by atoms with E-state index in [1.807, 2.05) is 0 Å². The van der Waals surface area contributed by atoms with Crippen LogP contribution in [0.2, 0.25) is 5.02 Å². The maximum atomic E-state index is 12.7. The fraction of sp³-hybridized carbons (Fsp3) is 0.381. The molecule has 11 heteroatoms. The number of piperazine rings is 1. The molecule has 0 bridgehead atoms. The quantitative estimate of drug-likeness (QED) is 0.601. The highest BCUT2D eigenvalue weighted by molar-refractivity contribution is 6.39. The van der Waals surface area contributed by atoms with Crippen LogP contribution >= 0.6 is 11.6 Å². The Morgan fingerprint density at radius 3 is 2.53 bits per heavy atom. The van der Waals surface area contributed by atoms with Gasteiger partial charge in [0.15, 0.2) is 5.65 Å². The molecule has 1 amide bonds. The van der Waals surface area contributed by atoms with Crippen molar-refractivity contribution in [3.8, 4) is 0 Å². The molecule has 1 aromatic carbocycles. The van der Waals surface area contributed by atoms with E-state index >= 15 is 0 Å². The van der Waals surface area contributed by atoms with Crippen molar-refractivity contribution in [2.24, 2.45) is 0 Å². The Morgan fingerprint density at radius 1 is 1.19 bits per heavy atom. The smallest absolute Gasteiger partial charge is 0.322 e. The minimum Gasteiger partial charge on any atom is -0.322 e. The maximum Gasteiger partial charge on any atom is 0.416 e. The summed E-state index contributed by atoms with van der Waals surface area (Å²) in [5.74, 6) is -0.558. The van der Waals surface area contributed by atoms with Gasteiger partial charge in [-0.3, -0.25) is 9.69 Å². The Hall–Kier alpha value is -2.69. The highest BCUT2D eigenvalue weighted by Gasteiger charge is 2.30. The van der Waals surface area contributed by atoms with Crippen LogP contribution in [0, 0.1) is 6.92 Å². The molecule has 2 N–H and O–H groups in total. The van der Waals surface area contributed by atoms with Gasteiger partial charge in [0.05, 0.1) is 33.8 Å². The monoisotopic (exact) mass is 466 g/mol. The molecular formula is C21H22ClF3N6O. The summed E-state index contributed by atoms with van der Waals surface area (Å²) < 4.78 is 40.0. The molecule has 3 aromatic rings. The summed E-state index contributed by atoms with van der Waals surface area (Å²) in [4.78, 5) is 19.5. The molecule has 0 atom stereocenters. The van der Waals surface area contributed by atoms with E-state index in [4.69, 9.17) is 11.6 Å². The van der Waals surface area contributed by atoms with Crippen LogP contribution in [0.3, 0.4) is 0 Å². The number of nitrogens with one attached hydrogen (secondary N) is 2. The number of hydrogen-bond donors (Lipinski definition) is 2. The van der Waals surface area contributed by atoms with Crippen molar-refractivity contribution in [1.29, 1.82) is 0 Å². The first kappa shape index (κ1) is 22.5. The zero-order valence-electron chi connectivity index (χ0n) is 17.3. The van der Waals surface area contributed by atoms with Crippen molar-refractivity contribution in [1.82, 2.24) is 25.0 Å². The summed E-state index contributed by atoms with van der Waals surface area (Å²) >= 11 is 6.53. The number of carbonyl (C=O) groups excluding carboxylic acids is 1. The molecule has 1 aliphatic heterocycles. The number of halogens is 4. The van der Waals surface area contributed by atoms with Gasteiger partial charge in [-0.25, -0.2) is 9.67 Å². The van der Waals surface area contributed by atoms with Crippen LogP contribution in [0.15, 0.2) is 30.5 Å². The van der Waals surface area contributed by atoms with Crippen LogP contribution in [-0.4, -0.2) is 58.3 Å². The van der Waals surface area contributed by atoms with E-state index in [0.29, 0.717) is 23.3 Å². The Morgan fingerprint density at radius 2 is 1.88 bits per heavy atom. The lowest BCUT2D eigenvalue weighted by Crippen LogP contribution is -2.44. The fourth-order valence-electron chi connectivity index (χ4n) is 3.70. The van der Waals surface area contributed by atoms with Crippen LogP contribution < -0.4 is 10.6 Å². The number of hydrogen-bond acceptors (Lipinski definition) is 5. The minimum absolute atomic E-state index is 0.129. The highest BCUT2D eigenvalue weighted by Crippen LogP contribution is 2.31. The Bertz CT molecular complexity index is 1120. The largest absolute Gasteiger partial charge is 0.416 e. The molecular weight excluding hydrogens is 445 g/mol. The van der Waals surface area contributed by atoms with Crippen LogP contribution in [0.1, 0.15) is 21.6 Å². The zero-order valence-corrected chi connectivity index (χ0v) is 18.1. The molecule has 2 aromatic heterocycles. The van der Waals surface area contributed by atoms with Gasteiger partial charge in [-0.05, 0) is 31.2 Å². The second-order valence-electron chi connectivity index (χ2n) is 7.61. The van der Waals surface area contributed by atoms with E-state index in [-0.39, 0.29) is 16.3 Å². The molecule has 1 saturated heterocycles.